The molecule has 1 aliphatic carbocycles. The van der Waals surface area contributed by atoms with Crippen molar-refractivity contribution in [3.8, 4) is 5.75 Å². The number of rotatable bonds is 7. The van der Waals surface area contributed by atoms with Crippen LogP contribution in [-0.4, -0.2) is 24.4 Å². The number of hydrogen-bond acceptors (Lipinski definition) is 3. The average Bonchev–Trinajstić information content (AvgIpc) is 2.48. The fraction of sp³-hybridized carbons (Fsp3) is 0.625. The Hall–Kier alpha value is -0.580. The Balaban J connectivity index is 1.56. The first-order valence-corrected chi connectivity index (χ1v) is 8.35. The predicted molar refractivity (Wildman–Crippen MR) is 85.0 cm³/mol. The third kappa shape index (κ3) is 5.08. The Kier molecular flexibility index (Phi) is 6.83. The van der Waals surface area contributed by atoms with Crippen LogP contribution < -0.4 is 5.32 Å². The Bertz CT molecular complexity index is 405. The first kappa shape index (κ1) is 15.8. The Morgan fingerprint density at radius 3 is 2.85 bits per heavy atom. The molecule has 0 unspecified atom stereocenters. The molecule has 0 heterocycles. The van der Waals surface area contributed by atoms with Gasteiger partial charge in [-0.15, -0.1) is 0 Å². The predicted octanol–water partition coefficient (Wildman–Crippen LogP) is 3.98. The second kappa shape index (κ2) is 8.65. The topological polar surface area (TPSA) is 41.5 Å². The largest absolute Gasteiger partial charge is 0.506 e. The number of nitrogens with one attached hydrogen (secondary N) is 1. The zero-order valence-corrected chi connectivity index (χ0v) is 13.5. The van der Waals surface area contributed by atoms with Crippen LogP contribution in [0.4, 0.5) is 0 Å². The van der Waals surface area contributed by atoms with Crippen LogP contribution in [0.15, 0.2) is 22.7 Å². The van der Waals surface area contributed by atoms with Crippen molar-refractivity contribution < 1.29 is 9.84 Å². The Morgan fingerprint density at radius 2 is 2.05 bits per heavy atom. The molecule has 1 aromatic rings. The standard InChI is InChI=1S/C16H24BrNO2/c17-15-9-4-6-13(16(15)19)12-18-10-5-11-20-14-7-2-1-3-8-14/h4,6,9,14,18-19H,1-3,5,7-8,10-12H2. The number of para-hydroxylation sites is 1. The highest BCUT2D eigenvalue weighted by molar-refractivity contribution is 9.10. The fourth-order valence-electron chi connectivity index (χ4n) is 2.60. The summed E-state index contributed by atoms with van der Waals surface area (Å²) in [6, 6.07) is 5.72. The fourth-order valence-corrected chi connectivity index (χ4v) is 3.01. The minimum Gasteiger partial charge on any atom is -0.506 e. The number of hydrogen-bond donors (Lipinski definition) is 2. The third-order valence-electron chi connectivity index (χ3n) is 3.79. The molecule has 3 nitrogen and oxygen atoms in total. The van der Waals surface area contributed by atoms with Crippen molar-refractivity contribution in [2.75, 3.05) is 13.2 Å². The number of aromatic hydroxyl groups is 1. The smallest absolute Gasteiger partial charge is 0.134 e. The molecule has 0 spiro atoms. The lowest BCUT2D eigenvalue weighted by molar-refractivity contribution is 0.0273. The first-order chi connectivity index (χ1) is 9.77. The molecule has 1 fully saturated rings. The van der Waals surface area contributed by atoms with Crippen LogP contribution in [0.25, 0.3) is 0 Å². The first-order valence-electron chi connectivity index (χ1n) is 7.56. The summed E-state index contributed by atoms with van der Waals surface area (Å²) in [5.74, 6) is 0.332. The molecule has 0 aromatic heterocycles. The molecule has 0 atom stereocenters. The second-order valence-corrected chi connectivity index (χ2v) is 6.26. The molecular formula is C16H24BrNO2. The van der Waals surface area contributed by atoms with Gasteiger partial charge in [0.25, 0.3) is 0 Å². The van der Waals surface area contributed by atoms with Crippen LogP contribution >= 0.6 is 15.9 Å². The summed E-state index contributed by atoms with van der Waals surface area (Å²) in [4.78, 5) is 0. The van der Waals surface area contributed by atoms with E-state index in [1.54, 1.807) is 0 Å². The molecule has 0 aliphatic heterocycles. The van der Waals surface area contributed by atoms with Crippen LogP contribution in [0.3, 0.4) is 0 Å². The van der Waals surface area contributed by atoms with E-state index in [0.29, 0.717) is 18.4 Å². The van der Waals surface area contributed by atoms with Crippen LogP contribution in [0, 0.1) is 0 Å². The number of phenolic OH excluding ortho intramolecular Hbond substituents is 1. The van der Waals surface area contributed by atoms with E-state index in [-0.39, 0.29) is 0 Å². The van der Waals surface area contributed by atoms with E-state index >= 15 is 0 Å². The monoisotopic (exact) mass is 341 g/mol. The van der Waals surface area contributed by atoms with Gasteiger partial charge >= 0.3 is 0 Å². The van der Waals surface area contributed by atoms with E-state index in [9.17, 15) is 5.11 Å². The summed E-state index contributed by atoms with van der Waals surface area (Å²) >= 11 is 3.33. The van der Waals surface area contributed by atoms with Gasteiger partial charge in [-0.1, -0.05) is 31.4 Å². The van der Waals surface area contributed by atoms with Gasteiger partial charge in [0, 0.05) is 18.7 Å². The summed E-state index contributed by atoms with van der Waals surface area (Å²) in [5, 5.41) is 13.2. The molecule has 0 bridgehead atoms. The molecule has 4 heteroatoms. The van der Waals surface area contributed by atoms with Crippen molar-refractivity contribution in [1.29, 1.82) is 0 Å². The highest BCUT2D eigenvalue weighted by Crippen LogP contribution is 2.27. The van der Waals surface area contributed by atoms with Crippen molar-refractivity contribution in [3.05, 3.63) is 28.2 Å². The van der Waals surface area contributed by atoms with E-state index < -0.39 is 0 Å². The SMILES string of the molecule is Oc1c(Br)cccc1CNCCCOC1CCCCC1. The van der Waals surface area contributed by atoms with E-state index in [1.807, 2.05) is 18.2 Å². The summed E-state index contributed by atoms with van der Waals surface area (Å²) in [5.41, 5.74) is 0.924. The second-order valence-electron chi connectivity index (χ2n) is 5.41. The number of ether oxygens (including phenoxy) is 1. The van der Waals surface area contributed by atoms with Crippen LogP contribution in [0.1, 0.15) is 44.1 Å². The molecule has 1 saturated carbocycles. The maximum atomic E-state index is 9.86. The molecular weight excluding hydrogens is 318 g/mol. The molecule has 20 heavy (non-hydrogen) atoms. The zero-order valence-electron chi connectivity index (χ0n) is 11.9. The number of benzene rings is 1. The third-order valence-corrected chi connectivity index (χ3v) is 4.43. The van der Waals surface area contributed by atoms with E-state index in [2.05, 4.69) is 21.2 Å². The van der Waals surface area contributed by atoms with Gasteiger partial charge in [-0.25, -0.2) is 0 Å². The minimum absolute atomic E-state index is 0.332. The lowest BCUT2D eigenvalue weighted by Crippen LogP contribution is -2.20. The quantitative estimate of drug-likeness (QED) is 0.737. The Labute approximate surface area is 129 Å². The van der Waals surface area contributed by atoms with Gasteiger partial charge < -0.3 is 15.2 Å². The van der Waals surface area contributed by atoms with Gasteiger partial charge in [0.2, 0.25) is 0 Å². The van der Waals surface area contributed by atoms with Crippen LogP contribution in [0.2, 0.25) is 0 Å². The molecule has 2 N–H and O–H groups in total. The lowest BCUT2D eigenvalue weighted by Gasteiger charge is -2.21. The van der Waals surface area contributed by atoms with Gasteiger partial charge in [0.05, 0.1) is 10.6 Å². The van der Waals surface area contributed by atoms with Gasteiger partial charge in [-0.2, -0.15) is 0 Å². The summed E-state index contributed by atoms with van der Waals surface area (Å²) in [7, 11) is 0. The Morgan fingerprint density at radius 1 is 1.25 bits per heavy atom. The van der Waals surface area contributed by atoms with Crippen molar-refractivity contribution in [1.82, 2.24) is 5.32 Å². The zero-order chi connectivity index (χ0) is 14.2. The summed E-state index contributed by atoms with van der Waals surface area (Å²) < 4.78 is 6.63. The normalized spacial score (nSPS) is 16.4. The van der Waals surface area contributed by atoms with Gasteiger partial charge in [0.1, 0.15) is 5.75 Å². The average molecular weight is 342 g/mol. The highest BCUT2D eigenvalue weighted by Gasteiger charge is 2.12. The van der Waals surface area contributed by atoms with Gasteiger partial charge in [-0.05, 0) is 47.8 Å². The lowest BCUT2D eigenvalue weighted by atomic mass is 9.98. The van der Waals surface area contributed by atoms with E-state index in [1.165, 1.54) is 32.1 Å². The van der Waals surface area contributed by atoms with E-state index in [0.717, 1.165) is 29.6 Å². The van der Waals surface area contributed by atoms with Gasteiger partial charge in [0.15, 0.2) is 0 Å². The number of phenols is 1. The van der Waals surface area contributed by atoms with Crippen molar-refractivity contribution in [2.45, 2.75) is 51.2 Å². The van der Waals surface area contributed by atoms with Crippen molar-refractivity contribution in [3.63, 3.8) is 0 Å². The van der Waals surface area contributed by atoms with E-state index in [4.69, 9.17) is 4.74 Å². The molecule has 0 amide bonds. The number of halogens is 1. The molecule has 0 radical (unpaired) electrons. The minimum atomic E-state index is 0.332. The molecule has 1 aliphatic rings. The molecule has 1 aromatic carbocycles. The van der Waals surface area contributed by atoms with Crippen molar-refractivity contribution >= 4 is 15.9 Å². The van der Waals surface area contributed by atoms with Crippen LogP contribution in [0.5, 0.6) is 5.75 Å². The van der Waals surface area contributed by atoms with Crippen molar-refractivity contribution in [2.24, 2.45) is 0 Å². The summed E-state index contributed by atoms with van der Waals surface area (Å²) in [6.07, 6.45) is 8.01. The van der Waals surface area contributed by atoms with Crippen LogP contribution in [-0.2, 0) is 11.3 Å². The summed E-state index contributed by atoms with van der Waals surface area (Å²) in [6.45, 7) is 2.44. The molecule has 2 rings (SSSR count). The maximum Gasteiger partial charge on any atom is 0.134 e. The van der Waals surface area contributed by atoms with Gasteiger partial charge in [-0.3, -0.25) is 0 Å². The molecule has 0 saturated heterocycles. The highest BCUT2D eigenvalue weighted by atomic mass is 79.9. The maximum absolute atomic E-state index is 9.86. The molecule has 112 valence electrons.